The third-order valence-corrected chi connectivity index (χ3v) is 0.848. The molecule has 0 heterocycles. The molecule has 10 heavy (non-hydrogen) atoms. The summed E-state index contributed by atoms with van der Waals surface area (Å²) in [6.07, 6.45) is -4.98. The number of hydrogen-bond donors (Lipinski definition) is 1. The smallest absolute Gasteiger partial charge is 0.309 e. The molecule has 0 unspecified atom stereocenters. The molecule has 0 bridgehead atoms. The molecule has 0 aromatic carbocycles. The molecule has 0 fully saturated rings. The van der Waals surface area contributed by atoms with Crippen LogP contribution in [-0.2, 0) is 10.1 Å². The maximum atomic E-state index is 11.0. The van der Waals surface area contributed by atoms with Gasteiger partial charge >= 0.3 is 18.9 Å². The zero-order valence-corrected chi connectivity index (χ0v) is 5.70. The van der Waals surface area contributed by atoms with Crippen LogP contribution >= 0.6 is 0 Å². The van der Waals surface area contributed by atoms with Gasteiger partial charge in [0.1, 0.15) is 10.1 Å². The molecule has 0 aromatic heterocycles. The summed E-state index contributed by atoms with van der Waals surface area (Å²) in [4.78, 5) is 0. The van der Waals surface area contributed by atoms with Gasteiger partial charge in [0.05, 0.1) is 0 Å². The first-order valence-corrected chi connectivity index (χ1v) is 3.11. The van der Waals surface area contributed by atoms with Gasteiger partial charge in [0, 0.05) is 0 Å². The van der Waals surface area contributed by atoms with Crippen molar-refractivity contribution in [2.45, 2.75) is 6.18 Å². The quantitative estimate of drug-likeness (QED) is 0.271. The van der Waals surface area contributed by atoms with Crippen LogP contribution in [0.2, 0.25) is 0 Å². The fourth-order valence-electron chi connectivity index (χ4n) is 0.169. The summed E-state index contributed by atoms with van der Waals surface area (Å²) in [7, 11) is -5.03. The van der Waals surface area contributed by atoms with Crippen LogP contribution in [-0.4, -0.2) is 19.1 Å². The van der Waals surface area contributed by atoms with Crippen LogP contribution in [0.25, 0.3) is 0 Å². The van der Waals surface area contributed by atoms with Gasteiger partial charge in [0.2, 0.25) is 0 Å². The van der Waals surface area contributed by atoms with E-state index < -0.39 is 22.0 Å². The molecule has 0 aromatic rings. The molecule has 0 aliphatic rings. The van der Waals surface area contributed by atoms with Gasteiger partial charge in [-0.2, -0.15) is 0 Å². The Kier molecular flexibility index (Phi) is 4.68. The standard InChI is InChI=1S/C2H2F3O3S.Li/c3-2(4,5)1-9(6,7)8;/h1H,(H,6,7,8);/q-1;+1. The SMILES string of the molecule is O=S(=O)(O)[CH-]C(F)(F)F.[Li+]. The fourth-order valence-corrected chi connectivity index (χ4v) is 0.507. The van der Waals surface area contributed by atoms with Crippen LogP contribution < -0.4 is 18.9 Å². The number of hydrogen-bond acceptors (Lipinski definition) is 2. The predicted molar refractivity (Wildman–Crippen MR) is 21.9 cm³/mol. The van der Waals surface area contributed by atoms with E-state index in [0.29, 0.717) is 0 Å². The van der Waals surface area contributed by atoms with Gasteiger partial charge in [-0.15, -0.1) is 0 Å². The van der Waals surface area contributed by atoms with E-state index in [4.69, 9.17) is 4.55 Å². The summed E-state index contributed by atoms with van der Waals surface area (Å²) < 4.78 is 59.3. The number of rotatable bonds is 1. The van der Waals surface area contributed by atoms with Crippen molar-refractivity contribution in [3.05, 3.63) is 5.75 Å². The molecule has 0 amide bonds. The van der Waals surface area contributed by atoms with E-state index in [1.54, 1.807) is 0 Å². The molecule has 0 rings (SSSR count). The first-order valence-electron chi connectivity index (χ1n) is 1.61. The average Bonchev–Trinajstić information content (AvgIpc) is 1.14. The minimum absolute atomic E-state index is 0. The van der Waals surface area contributed by atoms with Gasteiger partial charge in [-0.1, -0.05) is 5.75 Å². The van der Waals surface area contributed by atoms with E-state index in [0.717, 1.165) is 0 Å². The minimum Gasteiger partial charge on any atom is -0.309 e. The maximum absolute atomic E-state index is 11.0. The van der Waals surface area contributed by atoms with Crippen LogP contribution in [0, 0.1) is 5.75 Å². The molecule has 3 nitrogen and oxygen atoms in total. The van der Waals surface area contributed by atoms with Crippen molar-refractivity contribution >= 4 is 10.1 Å². The fraction of sp³-hybridized carbons (Fsp3) is 0.500. The van der Waals surface area contributed by atoms with Crippen molar-refractivity contribution in [1.29, 1.82) is 0 Å². The summed E-state index contributed by atoms with van der Waals surface area (Å²) in [5, 5.41) is 0. The maximum Gasteiger partial charge on any atom is 1.00 e. The zero-order valence-electron chi connectivity index (χ0n) is 4.88. The van der Waals surface area contributed by atoms with E-state index >= 15 is 0 Å². The Morgan fingerprint density at radius 3 is 1.60 bits per heavy atom. The first-order chi connectivity index (χ1) is 3.71. The third kappa shape index (κ3) is 11.1. The van der Waals surface area contributed by atoms with Crippen molar-refractivity contribution in [3.8, 4) is 0 Å². The van der Waals surface area contributed by atoms with Gasteiger partial charge < -0.3 is 4.55 Å². The zero-order chi connectivity index (χ0) is 7.71. The monoisotopic (exact) mass is 170 g/mol. The molecule has 1 N–H and O–H groups in total. The van der Waals surface area contributed by atoms with E-state index in [1.807, 2.05) is 0 Å². The molecule has 0 spiro atoms. The Morgan fingerprint density at radius 1 is 1.30 bits per heavy atom. The van der Waals surface area contributed by atoms with Gasteiger partial charge in [-0.25, -0.2) is 21.6 Å². The largest absolute Gasteiger partial charge is 1.00 e. The molecule has 0 aliphatic heterocycles. The second kappa shape index (κ2) is 3.62. The summed E-state index contributed by atoms with van der Waals surface area (Å²) in [5.41, 5.74) is 0. The van der Waals surface area contributed by atoms with E-state index in [1.165, 1.54) is 0 Å². The van der Waals surface area contributed by atoms with Crippen LogP contribution in [0.5, 0.6) is 0 Å². The predicted octanol–water partition coefficient (Wildman–Crippen LogP) is -2.40. The molecule has 0 aliphatic carbocycles. The molecular weight excluding hydrogens is 168 g/mol. The Labute approximate surface area is 67.5 Å². The Bertz CT molecular complexity index is 182. The average molecular weight is 170 g/mol. The normalized spacial score (nSPS) is 12.4. The molecule has 56 valence electrons. The summed E-state index contributed by atoms with van der Waals surface area (Å²) >= 11 is 0. The van der Waals surface area contributed by atoms with Gasteiger partial charge in [-0.3, -0.25) is 0 Å². The molecule has 8 heteroatoms. The van der Waals surface area contributed by atoms with Crippen LogP contribution in [0.15, 0.2) is 0 Å². The van der Waals surface area contributed by atoms with Crippen molar-refractivity contribution in [2.75, 3.05) is 0 Å². The molecule has 0 saturated heterocycles. The van der Waals surface area contributed by atoms with Crippen LogP contribution in [0.1, 0.15) is 0 Å². The topological polar surface area (TPSA) is 54.4 Å². The van der Waals surface area contributed by atoms with Crippen molar-refractivity contribution < 1.29 is 45.0 Å². The van der Waals surface area contributed by atoms with E-state index in [-0.39, 0.29) is 18.9 Å². The van der Waals surface area contributed by atoms with Gasteiger partial charge in [0.15, 0.2) is 0 Å². The number of halogens is 3. The summed E-state index contributed by atoms with van der Waals surface area (Å²) in [5.74, 6) is -1.10. The first kappa shape index (κ1) is 12.9. The van der Waals surface area contributed by atoms with E-state index in [2.05, 4.69) is 0 Å². The number of alkyl halides is 3. The summed E-state index contributed by atoms with van der Waals surface area (Å²) in [6, 6.07) is 0. The second-order valence-electron chi connectivity index (χ2n) is 1.17. The molecule has 0 atom stereocenters. The van der Waals surface area contributed by atoms with Crippen LogP contribution in [0.4, 0.5) is 13.2 Å². The summed E-state index contributed by atoms with van der Waals surface area (Å²) in [6.45, 7) is 0. The van der Waals surface area contributed by atoms with Crippen molar-refractivity contribution in [3.63, 3.8) is 0 Å². The molecule has 0 saturated carbocycles. The van der Waals surface area contributed by atoms with Gasteiger partial charge in [0.25, 0.3) is 6.18 Å². The molecule has 0 radical (unpaired) electrons. The van der Waals surface area contributed by atoms with Crippen molar-refractivity contribution in [2.24, 2.45) is 0 Å². The van der Waals surface area contributed by atoms with Gasteiger partial charge in [-0.05, 0) is 0 Å². The Hall–Kier alpha value is 0.297. The molecular formula is C2H2F3LiO3S. The minimum atomic E-state index is -5.03. The van der Waals surface area contributed by atoms with E-state index in [9.17, 15) is 21.6 Å². The second-order valence-corrected chi connectivity index (χ2v) is 2.44. The Balaban J connectivity index is 0. The van der Waals surface area contributed by atoms with Crippen molar-refractivity contribution in [1.82, 2.24) is 0 Å². The third-order valence-electron chi connectivity index (χ3n) is 0.283. The Morgan fingerprint density at radius 2 is 1.60 bits per heavy atom. The van der Waals surface area contributed by atoms with Crippen LogP contribution in [0.3, 0.4) is 0 Å².